The number of methoxy groups -OCH3 is 2. The highest BCUT2D eigenvalue weighted by atomic mass is 16.6. The first kappa shape index (κ1) is 22.1. The minimum absolute atomic E-state index is 0.00618. The van der Waals surface area contributed by atoms with Gasteiger partial charge in [-0.3, -0.25) is 9.59 Å². The summed E-state index contributed by atoms with van der Waals surface area (Å²) >= 11 is 0. The molecule has 9 rings (SSSR count). The summed E-state index contributed by atoms with van der Waals surface area (Å²) in [5.74, 6) is 1.07. The molecule has 4 bridgehead atoms. The van der Waals surface area contributed by atoms with Crippen LogP contribution in [-0.2, 0) is 30.4 Å². The molecule has 8 nitrogen and oxygen atoms in total. The van der Waals surface area contributed by atoms with Crippen LogP contribution in [0.5, 0.6) is 11.5 Å². The summed E-state index contributed by atoms with van der Waals surface area (Å²) in [5.41, 5.74) is -1.13. The van der Waals surface area contributed by atoms with E-state index < -0.39 is 28.5 Å². The average molecular weight is 527 g/mol. The van der Waals surface area contributed by atoms with E-state index in [9.17, 15) is 9.59 Å². The minimum atomic E-state index is -1.19. The van der Waals surface area contributed by atoms with Crippen molar-refractivity contribution in [2.24, 2.45) is 22.7 Å². The smallest absolute Gasteiger partial charge is 0.317 e. The van der Waals surface area contributed by atoms with Crippen molar-refractivity contribution < 1.29 is 37.7 Å². The van der Waals surface area contributed by atoms with Crippen molar-refractivity contribution in [1.82, 2.24) is 0 Å². The van der Waals surface area contributed by atoms with E-state index in [2.05, 4.69) is 0 Å². The summed E-state index contributed by atoms with van der Waals surface area (Å²) in [6.07, 6.45) is 5.69. The fourth-order valence-corrected chi connectivity index (χ4v) is 9.95. The van der Waals surface area contributed by atoms with Crippen LogP contribution in [0.25, 0.3) is 10.8 Å². The Balaban J connectivity index is 1.28. The molecule has 5 unspecified atom stereocenters. The van der Waals surface area contributed by atoms with Crippen molar-refractivity contribution in [2.45, 2.75) is 36.6 Å². The third-order valence-corrected chi connectivity index (χ3v) is 10.8. The average Bonchev–Trinajstić information content (AvgIpc) is 3.78. The van der Waals surface area contributed by atoms with Crippen molar-refractivity contribution >= 4 is 22.7 Å². The highest BCUT2D eigenvalue weighted by Gasteiger charge is 2.98. The van der Waals surface area contributed by atoms with Gasteiger partial charge in [-0.25, -0.2) is 0 Å². The normalized spacial score (nSPS) is 39.1. The molecule has 39 heavy (non-hydrogen) atoms. The minimum Gasteiger partial charge on any atom is -0.496 e. The van der Waals surface area contributed by atoms with Gasteiger partial charge in [0.2, 0.25) is 0 Å². The number of hydrogen-bond donors (Lipinski definition) is 0. The molecular weight excluding hydrogens is 500 g/mol. The molecule has 3 aromatic rings. The largest absolute Gasteiger partial charge is 0.496 e. The Hall–Kier alpha value is -3.78. The fraction of sp³-hybridized carbons (Fsp3) is 0.419. The molecule has 0 radical (unpaired) electrons. The highest BCUT2D eigenvalue weighted by Crippen LogP contribution is 2.89. The van der Waals surface area contributed by atoms with Crippen LogP contribution in [0.2, 0.25) is 0 Å². The van der Waals surface area contributed by atoms with Crippen LogP contribution in [0.3, 0.4) is 0 Å². The second-order valence-electron chi connectivity index (χ2n) is 11.6. The van der Waals surface area contributed by atoms with Crippen LogP contribution in [0.4, 0.5) is 0 Å². The monoisotopic (exact) mass is 526 g/mol. The molecule has 0 N–H and O–H groups in total. The van der Waals surface area contributed by atoms with E-state index in [-0.39, 0.29) is 42.9 Å². The molecule has 3 aliphatic heterocycles. The number of carbonyl (C=O) groups is 2. The zero-order valence-electron chi connectivity index (χ0n) is 21.5. The molecule has 8 atom stereocenters. The Morgan fingerprint density at radius 2 is 1.72 bits per heavy atom. The lowest BCUT2D eigenvalue weighted by Gasteiger charge is -2.66. The lowest BCUT2D eigenvalue weighted by Crippen LogP contribution is -2.77. The standard InChI is InChI=1S/C31H26O8/c1-34-25-16-7-3-4-8-17(16)26(35-2)22-19-12-18(21(22)25)23-24(19)31-28(33)38-14-29(31)10-9-20(39-29)30(23,31)27(32)37-13-15-6-5-11-36-15/h3-11,18-20,23-24H,12-14H2,1-2H3/t18?,19?,20?,23?,24?,29-,30-,31+/m0/s1. The topological polar surface area (TPSA) is 93.4 Å². The van der Waals surface area contributed by atoms with E-state index in [4.69, 9.17) is 28.1 Å². The quantitative estimate of drug-likeness (QED) is 0.360. The first-order chi connectivity index (χ1) is 19.0. The second kappa shape index (κ2) is 6.86. The summed E-state index contributed by atoms with van der Waals surface area (Å²) in [6, 6.07) is 11.6. The molecule has 2 saturated heterocycles. The molecule has 8 heteroatoms. The maximum absolute atomic E-state index is 14.4. The molecule has 2 aromatic carbocycles. The number of cyclic esters (lactones) is 1. The molecular formula is C31H26O8. The van der Waals surface area contributed by atoms with Gasteiger partial charge in [-0.05, 0) is 48.3 Å². The third kappa shape index (κ3) is 2.03. The Morgan fingerprint density at radius 1 is 1.00 bits per heavy atom. The highest BCUT2D eigenvalue weighted by molar-refractivity contribution is 6.01. The number of fused-ring (bicyclic) bond motifs is 12. The van der Waals surface area contributed by atoms with Gasteiger partial charge in [0.05, 0.1) is 26.6 Å². The van der Waals surface area contributed by atoms with Gasteiger partial charge in [0, 0.05) is 21.9 Å². The first-order valence-corrected chi connectivity index (χ1v) is 13.5. The number of rotatable bonds is 5. The van der Waals surface area contributed by atoms with Gasteiger partial charge in [-0.2, -0.15) is 0 Å². The molecule has 198 valence electrons. The van der Waals surface area contributed by atoms with Gasteiger partial charge in [-0.15, -0.1) is 0 Å². The number of carbonyl (C=O) groups excluding carboxylic acids is 2. The zero-order chi connectivity index (χ0) is 26.3. The predicted molar refractivity (Wildman–Crippen MR) is 135 cm³/mol. The lowest BCUT2D eigenvalue weighted by atomic mass is 9.30. The summed E-state index contributed by atoms with van der Waals surface area (Å²) in [5, 5.41) is 1.96. The maximum atomic E-state index is 14.4. The molecule has 6 aliphatic rings. The summed E-state index contributed by atoms with van der Waals surface area (Å²) in [7, 11) is 3.39. The van der Waals surface area contributed by atoms with E-state index in [1.807, 2.05) is 36.4 Å². The summed E-state index contributed by atoms with van der Waals surface area (Å²) < 4.78 is 35.9. The van der Waals surface area contributed by atoms with Crippen molar-refractivity contribution in [3.8, 4) is 11.5 Å². The van der Waals surface area contributed by atoms with Crippen molar-refractivity contribution in [3.63, 3.8) is 0 Å². The Bertz CT molecular complexity index is 1640. The van der Waals surface area contributed by atoms with Gasteiger partial charge in [-0.1, -0.05) is 30.3 Å². The van der Waals surface area contributed by atoms with Crippen molar-refractivity contribution in [2.75, 3.05) is 20.8 Å². The maximum Gasteiger partial charge on any atom is 0.317 e. The van der Waals surface area contributed by atoms with E-state index in [0.717, 1.165) is 39.8 Å². The van der Waals surface area contributed by atoms with E-state index in [0.29, 0.717) is 5.76 Å². The van der Waals surface area contributed by atoms with Crippen molar-refractivity contribution in [1.29, 1.82) is 0 Å². The molecule has 4 fully saturated rings. The zero-order valence-corrected chi connectivity index (χ0v) is 21.5. The van der Waals surface area contributed by atoms with Gasteiger partial charge >= 0.3 is 11.9 Å². The number of benzene rings is 2. The number of ether oxygens (including phenoxy) is 5. The van der Waals surface area contributed by atoms with Crippen LogP contribution in [0.1, 0.15) is 35.1 Å². The predicted octanol–water partition coefficient (Wildman–Crippen LogP) is 4.26. The number of esters is 2. The lowest BCUT2D eigenvalue weighted by molar-refractivity contribution is -0.227. The molecule has 0 amide bonds. The van der Waals surface area contributed by atoms with Crippen LogP contribution < -0.4 is 9.47 Å². The van der Waals surface area contributed by atoms with Gasteiger partial charge in [0.25, 0.3) is 0 Å². The van der Waals surface area contributed by atoms with E-state index in [1.165, 1.54) is 0 Å². The fourth-order valence-electron chi connectivity index (χ4n) is 9.95. The molecule has 4 heterocycles. The van der Waals surface area contributed by atoms with Crippen LogP contribution >= 0.6 is 0 Å². The SMILES string of the molecule is COc1c2c(c(OC)c3ccccc13)C1CC2C2C1[C@@]13C(=O)OC[C@@]14C=CC(O4)[C@@]23C(=O)OCc1ccco1. The Labute approximate surface area is 223 Å². The third-order valence-electron chi connectivity index (χ3n) is 10.8. The van der Waals surface area contributed by atoms with Gasteiger partial charge in [0.15, 0.2) is 0 Å². The van der Waals surface area contributed by atoms with Crippen molar-refractivity contribution in [3.05, 3.63) is 71.7 Å². The van der Waals surface area contributed by atoms with E-state index in [1.54, 1.807) is 32.6 Å². The summed E-state index contributed by atoms with van der Waals surface area (Å²) in [4.78, 5) is 28.3. The van der Waals surface area contributed by atoms with Crippen LogP contribution in [0, 0.1) is 22.7 Å². The molecule has 2 saturated carbocycles. The van der Waals surface area contributed by atoms with E-state index >= 15 is 0 Å². The van der Waals surface area contributed by atoms with Gasteiger partial charge in [0.1, 0.15) is 46.9 Å². The molecule has 2 spiro atoms. The number of furan rings is 1. The summed E-state index contributed by atoms with van der Waals surface area (Å²) in [6.45, 7) is 0.101. The Kier molecular flexibility index (Phi) is 3.88. The van der Waals surface area contributed by atoms with Crippen LogP contribution in [0.15, 0.2) is 59.2 Å². The molecule has 3 aliphatic carbocycles. The Morgan fingerprint density at radius 3 is 2.38 bits per heavy atom. The van der Waals surface area contributed by atoms with Crippen LogP contribution in [-0.4, -0.2) is 44.5 Å². The molecule has 1 aromatic heterocycles. The second-order valence-corrected chi connectivity index (χ2v) is 11.6. The number of hydrogen-bond acceptors (Lipinski definition) is 8. The first-order valence-electron chi connectivity index (χ1n) is 13.5. The van der Waals surface area contributed by atoms with Gasteiger partial charge < -0.3 is 28.1 Å².